The van der Waals surface area contributed by atoms with Gasteiger partial charge < -0.3 is 15.0 Å². The standard InChI is InChI=1S/C24H23FN6O2/c25-18-9-11-30(24(32)33-16-17-6-2-1-3-7-17)15-20(18)29-22-14-26-12-19(28-22)21-13-27-23-8-4-5-10-31(21)23/h1-8,10,12-14,18,20H,9,11,15-16H2,(H,28,29)/t18-,20+/m1/s1. The molecule has 168 valence electrons. The number of pyridine rings is 1. The fraction of sp³-hybridized carbons (Fsp3) is 0.250. The average molecular weight is 446 g/mol. The fourth-order valence-electron chi connectivity index (χ4n) is 3.91. The highest BCUT2D eigenvalue weighted by Crippen LogP contribution is 2.22. The van der Waals surface area contributed by atoms with Crippen molar-refractivity contribution in [3.63, 3.8) is 0 Å². The van der Waals surface area contributed by atoms with Gasteiger partial charge >= 0.3 is 6.09 Å². The Morgan fingerprint density at radius 1 is 1.12 bits per heavy atom. The zero-order valence-electron chi connectivity index (χ0n) is 17.8. The molecule has 1 saturated heterocycles. The molecule has 0 unspecified atom stereocenters. The lowest BCUT2D eigenvalue weighted by Gasteiger charge is -2.35. The van der Waals surface area contributed by atoms with Crippen LogP contribution in [0.4, 0.5) is 15.0 Å². The first-order valence-electron chi connectivity index (χ1n) is 10.8. The SMILES string of the molecule is O=C(OCc1ccccc1)N1CC[C@@H](F)[C@@H](Nc2cncc(-c3cnc4ccccn34)n2)C1. The van der Waals surface area contributed by atoms with E-state index < -0.39 is 18.3 Å². The van der Waals surface area contributed by atoms with Crippen molar-refractivity contribution in [2.75, 3.05) is 18.4 Å². The predicted octanol–water partition coefficient (Wildman–Crippen LogP) is 3.95. The highest BCUT2D eigenvalue weighted by Gasteiger charge is 2.32. The molecule has 1 fully saturated rings. The van der Waals surface area contributed by atoms with E-state index in [1.165, 1.54) is 4.90 Å². The molecule has 0 aliphatic carbocycles. The summed E-state index contributed by atoms with van der Waals surface area (Å²) in [5.74, 6) is 0.436. The number of nitrogens with zero attached hydrogens (tertiary/aromatic N) is 5. The third-order valence-electron chi connectivity index (χ3n) is 5.64. The Hall–Kier alpha value is -4.01. The maximum atomic E-state index is 14.7. The summed E-state index contributed by atoms with van der Waals surface area (Å²) in [5.41, 5.74) is 3.10. The Morgan fingerprint density at radius 3 is 2.85 bits per heavy atom. The van der Waals surface area contributed by atoms with Crippen molar-refractivity contribution in [1.82, 2.24) is 24.3 Å². The van der Waals surface area contributed by atoms with Crippen molar-refractivity contribution < 1.29 is 13.9 Å². The first kappa shape index (κ1) is 20.9. The van der Waals surface area contributed by atoms with E-state index in [4.69, 9.17) is 4.74 Å². The van der Waals surface area contributed by atoms with Crippen molar-refractivity contribution >= 4 is 17.6 Å². The van der Waals surface area contributed by atoms with E-state index in [-0.39, 0.29) is 19.6 Å². The number of imidazole rings is 1. The van der Waals surface area contributed by atoms with Crippen LogP contribution in [0.3, 0.4) is 0 Å². The monoisotopic (exact) mass is 446 g/mol. The fourth-order valence-corrected chi connectivity index (χ4v) is 3.91. The van der Waals surface area contributed by atoms with E-state index in [9.17, 15) is 9.18 Å². The zero-order valence-corrected chi connectivity index (χ0v) is 17.8. The van der Waals surface area contributed by atoms with Crippen molar-refractivity contribution in [3.8, 4) is 11.4 Å². The summed E-state index contributed by atoms with van der Waals surface area (Å²) < 4.78 is 22.0. The number of carbonyl (C=O) groups excluding carboxylic acids is 1. The van der Waals surface area contributed by atoms with Crippen LogP contribution in [-0.4, -0.2) is 55.6 Å². The smallest absolute Gasteiger partial charge is 0.410 e. The number of halogens is 1. The number of anilines is 1. The van der Waals surface area contributed by atoms with Crippen molar-refractivity contribution in [1.29, 1.82) is 0 Å². The number of likely N-dealkylation sites (tertiary alicyclic amines) is 1. The lowest BCUT2D eigenvalue weighted by Crippen LogP contribution is -2.51. The Labute approximate surface area is 190 Å². The Kier molecular flexibility index (Phi) is 5.84. The number of ether oxygens (including phenoxy) is 1. The number of alkyl halides is 1. The van der Waals surface area contributed by atoms with Crippen LogP contribution in [-0.2, 0) is 11.3 Å². The first-order chi connectivity index (χ1) is 16.2. The van der Waals surface area contributed by atoms with Crippen LogP contribution in [0.15, 0.2) is 73.3 Å². The molecular weight excluding hydrogens is 423 g/mol. The second-order valence-corrected chi connectivity index (χ2v) is 7.90. The normalized spacial score (nSPS) is 18.3. The van der Waals surface area contributed by atoms with Crippen molar-refractivity contribution in [2.24, 2.45) is 0 Å². The molecule has 0 bridgehead atoms. The van der Waals surface area contributed by atoms with Gasteiger partial charge in [0.2, 0.25) is 0 Å². The number of nitrogens with one attached hydrogen (secondary N) is 1. The molecule has 1 aliphatic heterocycles. The number of hydrogen-bond donors (Lipinski definition) is 1. The molecule has 0 saturated carbocycles. The highest BCUT2D eigenvalue weighted by molar-refractivity contribution is 5.68. The third-order valence-corrected chi connectivity index (χ3v) is 5.64. The Balaban J connectivity index is 1.26. The van der Waals surface area contributed by atoms with E-state index in [1.807, 2.05) is 59.1 Å². The predicted molar refractivity (Wildman–Crippen MR) is 121 cm³/mol. The lowest BCUT2D eigenvalue weighted by molar-refractivity contribution is 0.0729. The van der Waals surface area contributed by atoms with Gasteiger partial charge in [-0.15, -0.1) is 0 Å². The van der Waals surface area contributed by atoms with E-state index >= 15 is 0 Å². The maximum absolute atomic E-state index is 14.7. The highest BCUT2D eigenvalue weighted by atomic mass is 19.1. The van der Waals surface area contributed by atoms with Gasteiger partial charge in [0.1, 0.15) is 29.9 Å². The van der Waals surface area contributed by atoms with Gasteiger partial charge in [-0.3, -0.25) is 9.38 Å². The van der Waals surface area contributed by atoms with Crippen LogP contribution in [0, 0.1) is 0 Å². The Morgan fingerprint density at radius 2 is 1.97 bits per heavy atom. The first-order valence-corrected chi connectivity index (χ1v) is 10.8. The minimum Gasteiger partial charge on any atom is -0.445 e. The molecule has 3 aromatic heterocycles. The van der Waals surface area contributed by atoms with Gasteiger partial charge in [0.25, 0.3) is 0 Å². The number of rotatable bonds is 5. The molecule has 0 spiro atoms. The molecule has 0 radical (unpaired) electrons. The summed E-state index contributed by atoms with van der Waals surface area (Å²) in [6, 6.07) is 14.6. The van der Waals surface area contributed by atoms with Crippen molar-refractivity contribution in [2.45, 2.75) is 25.2 Å². The summed E-state index contributed by atoms with van der Waals surface area (Å²) >= 11 is 0. The van der Waals surface area contributed by atoms with Gasteiger partial charge in [-0.05, 0) is 24.1 Å². The second-order valence-electron chi connectivity index (χ2n) is 7.90. The van der Waals surface area contributed by atoms with Crippen LogP contribution in [0.1, 0.15) is 12.0 Å². The number of aromatic nitrogens is 4. The summed E-state index contributed by atoms with van der Waals surface area (Å²) in [6.45, 7) is 0.664. The lowest BCUT2D eigenvalue weighted by atomic mass is 10.0. The topological polar surface area (TPSA) is 84.6 Å². The molecule has 1 aromatic carbocycles. The molecule has 1 N–H and O–H groups in total. The Bertz CT molecular complexity index is 1250. The number of carbonyl (C=O) groups is 1. The van der Waals surface area contributed by atoms with Crippen LogP contribution in [0.5, 0.6) is 0 Å². The van der Waals surface area contributed by atoms with Crippen LogP contribution < -0.4 is 5.32 Å². The molecular formula is C24H23FN6O2. The van der Waals surface area contributed by atoms with Crippen LogP contribution in [0.2, 0.25) is 0 Å². The van der Waals surface area contributed by atoms with Gasteiger partial charge in [0, 0.05) is 19.3 Å². The minimum atomic E-state index is -1.12. The quantitative estimate of drug-likeness (QED) is 0.500. The van der Waals surface area contributed by atoms with E-state index in [2.05, 4.69) is 20.3 Å². The number of amides is 1. The molecule has 1 aliphatic rings. The van der Waals surface area contributed by atoms with Crippen LogP contribution in [0.25, 0.3) is 17.0 Å². The van der Waals surface area contributed by atoms with E-state index in [0.717, 1.165) is 16.9 Å². The summed E-state index contributed by atoms with van der Waals surface area (Å²) in [4.78, 5) is 27.3. The number of hydrogen-bond acceptors (Lipinski definition) is 6. The summed E-state index contributed by atoms with van der Waals surface area (Å²) in [7, 11) is 0. The second kappa shape index (κ2) is 9.23. The molecule has 8 nitrogen and oxygen atoms in total. The number of piperidine rings is 1. The van der Waals surface area contributed by atoms with Gasteiger partial charge in [0.15, 0.2) is 0 Å². The van der Waals surface area contributed by atoms with E-state index in [1.54, 1.807) is 18.6 Å². The summed E-state index contributed by atoms with van der Waals surface area (Å²) in [6.07, 6.45) is 5.46. The summed E-state index contributed by atoms with van der Waals surface area (Å²) in [5, 5.41) is 3.11. The number of fused-ring (bicyclic) bond motifs is 1. The molecule has 4 aromatic rings. The minimum absolute atomic E-state index is 0.177. The third kappa shape index (κ3) is 4.62. The largest absolute Gasteiger partial charge is 0.445 e. The van der Waals surface area contributed by atoms with E-state index in [0.29, 0.717) is 18.1 Å². The van der Waals surface area contributed by atoms with Gasteiger partial charge in [-0.25, -0.2) is 19.2 Å². The molecule has 4 heterocycles. The molecule has 2 atom stereocenters. The van der Waals surface area contributed by atoms with Gasteiger partial charge in [0.05, 0.1) is 30.3 Å². The molecule has 33 heavy (non-hydrogen) atoms. The van der Waals surface area contributed by atoms with Gasteiger partial charge in [-0.1, -0.05) is 36.4 Å². The maximum Gasteiger partial charge on any atom is 0.410 e. The molecule has 5 rings (SSSR count). The average Bonchev–Trinajstić information content (AvgIpc) is 3.29. The number of benzene rings is 1. The molecule has 9 heteroatoms. The van der Waals surface area contributed by atoms with Crippen molar-refractivity contribution in [3.05, 3.63) is 78.9 Å². The molecule has 1 amide bonds. The van der Waals surface area contributed by atoms with Gasteiger partial charge in [-0.2, -0.15) is 0 Å². The van der Waals surface area contributed by atoms with Crippen LogP contribution >= 0.6 is 0 Å². The zero-order chi connectivity index (χ0) is 22.6.